The first kappa shape index (κ1) is 17.3. The lowest BCUT2D eigenvalue weighted by molar-refractivity contribution is -0.125. The molecule has 0 spiro atoms. The van der Waals surface area contributed by atoms with Crippen LogP contribution in [0.5, 0.6) is 0 Å². The Morgan fingerprint density at radius 1 is 1.00 bits per heavy atom. The van der Waals surface area contributed by atoms with Crippen LogP contribution < -0.4 is 4.90 Å². The van der Waals surface area contributed by atoms with Crippen molar-refractivity contribution in [2.24, 2.45) is 0 Å². The highest BCUT2D eigenvalue weighted by Gasteiger charge is 2.38. The highest BCUT2D eigenvalue weighted by Crippen LogP contribution is 2.40. The molecule has 26 heavy (non-hydrogen) atoms. The summed E-state index contributed by atoms with van der Waals surface area (Å²) < 4.78 is 27.1. The Balaban J connectivity index is 1.89. The van der Waals surface area contributed by atoms with Crippen LogP contribution in [-0.2, 0) is 14.6 Å². The number of sulfone groups is 1. The zero-order valence-corrected chi connectivity index (χ0v) is 16.3. The Hall–Kier alpha value is -2.12. The molecule has 0 radical (unpaired) electrons. The summed E-state index contributed by atoms with van der Waals surface area (Å²) in [6.07, 6.45) is 3.27. The quantitative estimate of drug-likeness (QED) is 0.723. The topological polar surface area (TPSA) is 57.7 Å². The van der Waals surface area contributed by atoms with Crippen molar-refractivity contribution in [2.45, 2.75) is 17.7 Å². The fraction of sp³-hybridized carbons (Fsp3) is 0.211. The molecule has 0 bridgehead atoms. The van der Waals surface area contributed by atoms with Crippen molar-refractivity contribution in [3.63, 3.8) is 0 Å². The number of benzene rings is 2. The number of rotatable bonds is 2. The van der Waals surface area contributed by atoms with Crippen molar-refractivity contribution in [3.8, 4) is 0 Å². The van der Waals surface area contributed by atoms with E-state index in [2.05, 4.69) is 15.9 Å². The molecule has 0 atom stereocenters. The lowest BCUT2D eigenvalue weighted by atomic mass is 10.2. The first-order valence-corrected chi connectivity index (χ1v) is 10.7. The molecule has 0 aliphatic carbocycles. The van der Waals surface area contributed by atoms with E-state index < -0.39 is 15.7 Å². The van der Waals surface area contributed by atoms with Crippen LogP contribution in [-0.4, -0.2) is 32.3 Å². The van der Waals surface area contributed by atoms with E-state index in [1.54, 1.807) is 34.1 Å². The van der Waals surface area contributed by atoms with Gasteiger partial charge in [0, 0.05) is 29.4 Å². The van der Waals surface area contributed by atoms with Gasteiger partial charge in [-0.05, 0) is 43.2 Å². The average Bonchev–Trinajstić information content (AvgIpc) is 3.16. The first-order valence-electron chi connectivity index (χ1n) is 8.38. The molecule has 4 rings (SSSR count). The van der Waals surface area contributed by atoms with Gasteiger partial charge in [-0.3, -0.25) is 4.79 Å². The largest absolute Gasteiger partial charge is 0.338 e. The number of carbonyl (C=O) groups excluding carboxylic acids is 1. The molecule has 1 saturated heterocycles. The number of hydrogen-bond donors (Lipinski definition) is 0. The predicted octanol–water partition coefficient (Wildman–Crippen LogP) is 3.84. The van der Waals surface area contributed by atoms with E-state index in [0.29, 0.717) is 18.8 Å². The molecule has 2 aliphatic heterocycles. The number of para-hydroxylation sites is 1. The smallest absolute Gasteiger partial charge is 0.267 e. The van der Waals surface area contributed by atoms with Crippen LogP contribution in [0.1, 0.15) is 12.8 Å². The molecule has 1 amide bonds. The molecular weight excluding hydrogens is 416 g/mol. The zero-order chi connectivity index (χ0) is 18.3. The number of halogens is 1. The summed E-state index contributed by atoms with van der Waals surface area (Å²) in [5, 5.41) is 0. The van der Waals surface area contributed by atoms with Crippen molar-refractivity contribution >= 4 is 43.0 Å². The van der Waals surface area contributed by atoms with E-state index in [-0.39, 0.29) is 9.80 Å². The fourth-order valence-electron chi connectivity index (χ4n) is 3.34. The summed E-state index contributed by atoms with van der Waals surface area (Å²) in [7, 11) is -3.85. The number of fused-ring (bicyclic) bond motifs is 1. The summed E-state index contributed by atoms with van der Waals surface area (Å²) in [4.78, 5) is 16.3. The third-order valence-corrected chi connectivity index (χ3v) is 6.92. The van der Waals surface area contributed by atoms with Crippen molar-refractivity contribution < 1.29 is 13.2 Å². The molecule has 5 nitrogen and oxygen atoms in total. The molecule has 2 aromatic carbocycles. The van der Waals surface area contributed by atoms with Gasteiger partial charge in [-0.25, -0.2) is 8.42 Å². The monoisotopic (exact) mass is 432 g/mol. The molecule has 0 aromatic heterocycles. The van der Waals surface area contributed by atoms with Crippen molar-refractivity contribution in [3.05, 3.63) is 64.1 Å². The predicted molar refractivity (Wildman–Crippen MR) is 104 cm³/mol. The van der Waals surface area contributed by atoms with Gasteiger partial charge in [-0.2, -0.15) is 0 Å². The SMILES string of the molecule is O=C(C1=CN(c2cccc(Br)c2)c2ccccc2S1(=O)=O)N1CCCC1. The molecule has 2 aromatic rings. The van der Waals surface area contributed by atoms with Crippen LogP contribution in [0.25, 0.3) is 0 Å². The maximum absolute atomic E-state index is 13.1. The molecule has 134 valence electrons. The van der Waals surface area contributed by atoms with Crippen molar-refractivity contribution in [1.29, 1.82) is 0 Å². The maximum Gasteiger partial charge on any atom is 0.267 e. The minimum absolute atomic E-state index is 0.157. The number of likely N-dealkylation sites (tertiary alicyclic amines) is 1. The number of anilines is 2. The Labute approximate surface area is 161 Å². The summed E-state index contributed by atoms with van der Waals surface area (Å²) in [5.74, 6) is -0.419. The van der Waals surface area contributed by atoms with Gasteiger partial charge in [0.2, 0.25) is 9.84 Å². The van der Waals surface area contributed by atoms with Gasteiger partial charge in [-0.15, -0.1) is 0 Å². The standard InChI is InChI=1S/C19H17BrN2O3S/c20-14-6-5-7-15(12-14)22-13-18(19(23)21-10-3-4-11-21)26(24,25)17-9-2-1-8-16(17)22/h1-2,5-9,12-13H,3-4,10-11H2. The van der Waals surface area contributed by atoms with Gasteiger partial charge < -0.3 is 9.80 Å². The molecular formula is C19H17BrN2O3S. The van der Waals surface area contributed by atoms with Gasteiger partial charge in [0.15, 0.2) is 4.91 Å². The molecule has 0 N–H and O–H groups in total. The Kier molecular flexibility index (Phi) is 4.36. The average molecular weight is 433 g/mol. The van der Waals surface area contributed by atoms with Crippen LogP contribution in [0.15, 0.2) is 69.0 Å². The second kappa shape index (κ2) is 6.55. The third-order valence-electron chi connectivity index (χ3n) is 4.64. The first-order chi connectivity index (χ1) is 12.5. The van der Waals surface area contributed by atoms with Gasteiger partial charge in [0.1, 0.15) is 0 Å². The Morgan fingerprint density at radius 3 is 2.46 bits per heavy atom. The summed E-state index contributed by atoms with van der Waals surface area (Å²) in [6.45, 7) is 1.20. The van der Waals surface area contributed by atoms with E-state index in [4.69, 9.17) is 0 Å². The van der Waals surface area contributed by atoms with E-state index in [9.17, 15) is 13.2 Å². The molecule has 2 heterocycles. The number of hydrogen-bond acceptors (Lipinski definition) is 4. The lowest BCUT2D eigenvalue weighted by Gasteiger charge is -2.30. The van der Waals surface area contributed by atoms with Crippen LogP contribution in [0.4, 0.5) is 11.4 Å². The zero-order valence-electron chi connectivity index (χ0n) is 13.9. The van der Waals surface area contributed by atoms with Crippen LogP contribution in [0, 0.1) is 0 Å². The second-order valence-electron chi connectivity index (χ2n) is 6.31. The van der Waals surface area contributed by atoms with Gasteiger partial charge in [-0.1, -0.05) is 34.1 Å². The van der Waals surface area contributed by atoms with E-state index >= 15 is 0 Å². The summed E-state index contributed by atoms with van der Waals surface area (Å²) in [6, 6.07) is 14.3. The van der Waals surface area contributed by atoms with Crippen LogP contribution >= 0.6 is 15.9 Å². The van der Waals surface area contributed by atoms with Crippen LogP contribution in [0.2, 0.25) is 0 Å². The highest BCUT2D eigenvalue weighted by atomic mass is 79.9. The Bertz CT molecular complexity index is 1010. The minimum atomic E-state index is -3.85. The fourth-order valence-corrected chi connectivity index (χ4v) is 5.27. The molecule has 2 aliphatic rings. The van der Waals surface area contributed by atoms with Gasteiger partial charge in [0.25, 0.3) is 5.91 Å². The maximum atomic E-state index is 13.1. The van der Waals surface area contributed by atoms with E-state index in [1.165, 1.54) is 6.20 Å². The van der Waals surface area contributed by atoms with Gasteiger partial charge in [0.05, 0.1) is 10.6 Å². The second-order valence-corrected chi connectivity index (χ2v) is 9.12. The number of nitrogens with zero attached hydrogens (tertiary/aromatic N) is 2. The van der Waals surface area contributed by atoms with E-state index in [0.717, 1.165) is 23.0 Å². The lowest BCUT2D eigenvalue weighted by Crippen LogP contribution is -2.35. The van der Waals surface area contributed by atoms with Crippen molar-refractivity contribution in [1.82, 2.24) is 4.90 Å². The minimum Gasteiger partial charge on any atom is -0.338 e. The van der Waals surface area contributed by atoms with E-state index in [1.807, 2.05) is 24.3 Å². The third kappa shape index (κ3) is 2.85. The van der Waals surface area contributed by atoms with Crippen molar-refractivity contribution in [2.75, 3.05) is 18.0 Å². The molecule has 7 heteroatoms. The molecule has 0 saturated carbocycles. The van der Waals surface area contributed by atoms with Gasteiger partial charge >= 0.3 is 0 Å². The Morgan fingerprint density at radius 2 is 1.73 bits per heavy atom. The summed E-state index contributed by atoms with van der Waals surface area (Å²) in [5.41, 5.74) is 1.33. The normalized spacial score (nSPS) is 18.4. The number of carbonyl (C=O) groups is 1. The summed E-state index contributed by atoms with van der Waals surface area (Å²) >= 11 is 3.45. The van der Waals surface area contributed by atoms with Crippen LogP contribution in [0.3, 0.4) is 0 Å². The highest BCUT2D eigenvalue weighted by molar-refractivity contribution is 9.10. The molecule has 1 fully saturated rings. The molecule has 0 unspecified atom stereocenters. The number of amides is 1.